The van der Waals surface area contributed by atoms with Gasteiger partial charge in [-0.3, -0.25) is 4.90 Å². The summed E-state index contributed by atoms with van der Waals surface area (Å²) in [4.78, 5) is 14.4. The molecule has 1 N–H and O–H groups in total. The molecule has 0 aromatic heterocycles. The van der Waals surface area contributed by atoms with Crippen molar-refractivity contribution in [1.82, 2.24) is 0 Å². The van der Waals surface area contributed by atoms with Gasteiger partial charge in [-0.15, -0.1) is 0 Å². The number of hydrogen-bond donors (Lipinski definition) is 1. The van der Waals surface area contributed by atoms with Gasteiger partial charge in [-0.2, -0.15) is 0 Å². The molecule has 2 amide bonds. The molecule has 1 unspecified atom stereocenters. The minimum absolute atomic E-state index is 0.131. The Balaban J connectivity index is 1.82. The number of nitrogens with one attached hydrogen (secondary N) is 1. The van der Waals surface area contributed by atoms with Crippen molar-refractivity contribution in [1.29, 1.82) is 0 Å². The van der Waals surface area contributed by atoms with E-state index in [0.29, 0.717) is 16.5 Å². The zero-order chi connectivity index (χ0) is 15.7. The highest BCUT2D eigenvalue weighted by atomic mass is 35.5. The number of ether oxygens (including phenoxy) is 1. The Kier molecular flexibility index (Phi) is 3.94. The molecule has 1 aliphatic heterocycles. The van der Waals surface area contributed by atoms with E-state index in [-0.39, 0.29) is 12.1 Å². The van der Waals surface area contributed by atoms with Crippen LogP contribution in [0, 0.1) is 0 Å². The number of nitrogens with zero attached hydrogens (tertiary/aromatic N) is 1. The number of urea groups is 1. The summed E-state index contributed by atoms with van der Waals surface area (Å²) >= 11 is 6.09. The zero-order valence-corrected chi connectivity index (χ0v) is 13.2. The molecule has 0 fully saturated rings. The van der Waals surface area contributed by atoms with E-state index in [1.807, 2.05) is 25.1 Å². The van der Waals surface area contributed by atoms with Crippen molar-refractivity contribution in [3.63, 3.8) is 0 Å². The first-order valence-corrected chi connectivity index (χ1v) is 7.49. The predicted octanol–water partition coefficient (Wildman–Crippen LogP) is 4.33. The molecule has 1 atom stereocenters. The van der Waals surface area contributed by atoms with Gasteiger partial charge in [0.05, 0.1) is 12.1 Å². The maximum atomic E-state index is 12.6. The summed E-state index contributed by atoms with van der Waals surface area (Å²) in [6.07, 6.45) is 0.868. The number of hydrogen-bond acceptors (Lipinski definition) is 2. The maximum absolute atomic E-state index is 12.6. The van der Waals surface area contributed by atoms with E-state index in [1.54, 1.807) is 30.2 Å². The predicted molar refractivity (Wildman–Crippen MR) is 89.1 cm³/mol. The van der Waals surface area contributed by atoms with Gasteiger partial charge in [0.25, 0.3) is 0 Å². The van der Waals surface area contributed by atoms with Crippen LogP contribution in [0.5, 0.6) is 5.75 Å². The molecular formula is C17H17ClN2O2. The van der Waals surface area contributed by atoms with Crippen molar-refractivity contribution in [3.8, 4) is 5.75 Å². The number of amides is 2. The second-order valence-corrected chi connectivity index (χ2v) is 5.74. The lowest BCUT2D eigenvalue weighted by Gasteiger charge is -2.23. The topological polar surface area (TPSA) is 41.6 Å². The Morgan fingerprint density at radius 1 is 1.32 bits per heavy atom. The van der Waals surface area contributed by atoms with Crippen molar-refractivity contribution >= 4 is 29.0 Å². The molecule has 0 saturated carbocycles. The number of fused-ring (bicyclic) bond motifs is 1. The number of carbonyl (C=O) groups excluding carboxylic acids is 1. The minimum Gasteiger partial charge on any atom is -0.495 e. The Morgan fingerprint density at radius 3 is 2.82 bits per heavy atom. The fourth-order valence-electron chi connectivity index (χ4n) is 2.80. The first-order chi connectivity index (χ1) is 10.6. The fourth-order valence-corrected chi connectivity index (χ4v) is 3.06. The van der Waals surface area contributed by atoms with Crippen LogP contribution in [0.15, 0.2) is 42.5 Å². The largest absolute Gasteiger partial charge is 0.495 e. The molecule has 0 spiro atoms. The van der Waals surface area contributed by atoms with Crippen LogP contribution < -0.4 is 15.0 Å². The lowest BCUT2D eigenvalue weighted by molar-refractivity contribution is 0.256. The summed E-state index contributed by atoms with van der Waals surface area (Å²) < 4.78 is 5.11. The van der Waals surface area contributed by atoms with Crippen LogP contribution in [-0.2, 0) is 6.42 Å². The van der Waals surface area contributed by atoms with E-state index >= 15 is 0 Å². The Labute approximate surface area is 134 Å². The molecule has 3 rings (SSSR count). The third-order valence-corrected chi connectivity index (χ3v) is 4.12. The van der Waals surface area contributed by atoms with Crippen molar-refractivity contribution < 1.29 is 9.53 Å². The Morgan fingerprint density at radius 2 is 2.09 bits per heavy atom. The van der Waals surface area contributed by atoms with Crippen LogP contribution in [0.2, 0.25) is 5.02 Å². The summed E-state index contributed by atoms with van der Waals surface area (Å²) in [5.74, 6) is 0.583. The van der Waals surface area contributed by atoms with Crippen LogP contribution >= 0.6 is 11.6 Å². The number of benzene rings is 2. The number of para-hydroxylation sites is 1. The first-order valence-electron chi connectivity index (χ1n) is 7.12. The molecule has 1 aliphatic rings. The molecule has 1 heterocycles. The molecule has 0 aliphatic carbocycles. The smallest absolute Gasteiger partial charge is 0.326 e. The van der Waals surface area contributed by atoms with Crippen LogP contribution in [0.3, 0.4) is 0 Å². The van der Waals surface area contributed by atoms with Crippen molar-refractivity contribution in [2.45, 2.75) is 19.4 Å². The SMILES string of the molecule is COc1ccc(NC(=O)N2c3ccccc3CC2C)cc1Cl. The first kappa shape index (κ1) is 14.7. The van der Waals surface area contributed by atoms with E-state index in [4.69, 9.17) is 16.3 Å². The molecule has 2 aromatic carbocycles. The highest BCUT2D eigenvalue weighted by molar-refractivity contribution is 6.32. The third-order valence-electron chi connectivity index (χ3n) is 3.83. The summed E-state index contributed by atoms with van der Waals surface area (Å²) in [6.45, 7) is 2.04. The van der Waals surface area contributed by atoms with Gasteiger partial charge in [0.2, 0.25) is 0 Å². The van der Waals surface area contributed by atoms with Gasteiger partial charge in [-0.05, 0) is 43.2 Å². The van der Waals surface area contributed by atoms with Crippen molar-refractivity contribution in [2.24, 2.45) is 0 Å². The lowest BCUT2D eigenvalue weighted by Crippen LogP contribution is -2.39. The van der Waals surface area contributed by atoms with Crippen LogP contribution in [-0.4, -0.2) is 19.2 Å². The normalized spacial score (nSPS) is 16.3. The molecule has 22 heavy (non-hydrogen) atoms. The van der Waals surface area contributed by atoms with Crippen LogP contribution in [0.4, 0.5) is 16.2 Å². The fraction of sp³-hybridized carbons (Fsp3) is 0.235. The summed E-state index contributed by atoms with van der Waals surface area (Å²) in [5.41, 5.74) is 2.80. The Bertz CT molecular complexity index is 718. The zero-order valence-electron chi connectivity index (χ0n) is 12.5. The van der Waals surface area contributed by atoms with Gasteiger partial charge in [-0.25, -0.2) is 4.79 Å². The van der Waals surface area contributed by atoms with Crippen LogP contribution in [0.25, 0.3) is 0 Å². The van der Waals surface area contributed by atoms with Gasteiger partial charge in [0.15, 0.2) is 0 Å². The molecular weight excluding hydrogens is 300 g/mol. The maximum Gasteiger partial charge on any atom is 0.326 e. The van der Waals surface area contributed by atoms with E-state index in [2.05, 4.69) is 11.4 Å². The number of carbonyl (C=O) groups is 1. The minimum atomic E-state index is -0.154. The van der Waals surface area contributed by atoms with Crippen LogP contribution in [0.1, 0.15) is 12.5 Å². The quantitative estimate of drug-likeness (QED) is 0.896. The van der Waals surface area contributed by atoms with Gasteiger partial charge < -0.3 is 10.1 Å². The molecule has 2 aromatic rings. The second-order valence-electron chi connectivity index (χ2n) is 5.33. The van der Waals surface area contributed by atoms with E-state index in [0.717, 1.165) is 12.1 Å². The van der Waals surface area contributed by atoms with Crippen molar-refractivity contribution in [2.75, 3.05) is 17.3 Å². The Hall–Kier alpha value is -2.20. The highest BCUT2D eigenvalue weighted by Crippen LogP contribution is 2.33. The third kappa shape index (κ3) is 2.62. The molecule has 0 saturated heterocycles. The van der Waals surface area contributed by atoms with Gasteiger partial charge in [0.1, 0.15) is 5.75 Å². The molecule has 5 heteroatoms. The second kappa shape index (κ2) is 5.89. The molecule has 0 bridgehead atoms. The standard InChI is InChI=1S/C17H17ClN2O2/c1-11-9-12-5-3-4-6-15(12)20(11)17(21)19-13-7-8-16(22-2)14(18)10-13/h3-8,10-11H,9H2,1-2H3,(H,19,21). The van der Waals surface area contributed by atoms with Gasteiger partial charge in [0, 0.05) is 17.4 Å². The lowest BCUT2D eigenvalue weighted by atomic mass is 10.1. The molecule has 114 valence electrons. The van der Waals surface area contributed by atoms with E-state index in [1.165, 1.54) is 5.56 Å². The number of methoxy groups -OCH3 is 1. The number of halogens is 1. The van der Waals surface area contributed by atoms with Gasteiger partial charge >= 0.3 is 6.03 Å². The van der Waals surface area contributed by atoms with Crippen molar-refractivity contribution in [3.05, 3.63) is 53.1 Å². The molecule has 4 nitrogen and oxygen atoms in total. The average Bonchev–Trinajstić information content (AvgIpc) is 2.83. The number of rotatable bonds is 2. The van der Waals surface area contributed by atoms with E-state index in [9.17, 15) is 4.79 Å². The average molecular weight is 317 g/mol. The highest BCUT2D eigenvalue weighted by Gasteiger charge is 2.30. The van der Waals surface area contributed by atoms with Gasteiger partial charge in [-0.1, -0.05) is 29.8 Å². The summed E-state index contributed by atoms with van der Waals surface area (Å²) in [5, 5.41) is 3.36. The van der Waals surface area contributed by atoms with E-state index < -0.39 is 0 Å². The summed E-state index contributed by atoms with van der Waals surface area (Å²) in [7, 11) is 1.56. The molecule has 0 radical (unpaired) electrons. The monoisotopic (exact) mass is 316 g/mol. The summed E-state index contributed by atoms with van der Waals surface area (Å²) in [6, 6.07) is 13.1. The number of anilines is 2.